The molecule has 0 radical (unpaired) electrons. The summed E-state index contributed by atoms with van der Waals surface area (Å²) in [5.41, 5.74) is 0.418. The van der Waals surface area contributed by atoms with E-state index >= 15 is 0 Å². The standard InChI is InChI=1S/C17H26N4O/c22-17(19-14-7-3-1-2-4-8-14)15-11-12-16(21-20-15)18-13-9-5-6-10-13/h11-14H,1-10H2,(H,18,21)(H,19,22). The number of nitrogens with one attached hydrogen (secondary N) is 2. The van der Waals surface area contributed by atoms with Crippen LogP contribution in [-0.4, -0.2) is 28.2 Å². The molecule has 1 aromatic rings. The number of anilines is 1. The number of carbonyl (C=O) groups is 1. The van der Waals surface area contributed by atoms with Crippen molar-refractivity contribution in [1.29, 1.82) is 0 Å². The van der Waals surface area contributed by atoms with Crippen LogP contribution in [0.5, 0.6) is 0 Å². The van der Waals surface area contributed by atoms with Crippen molar-refractivity contribution >= 4 is 11.7 Å². The molecule has 0 bridgehead atoms. The van der Waals surface area contributed by atoms with E-state index in [2.05, 4.69) is 20.8 Å². The fraction of sp³-hybridized carbons (Fsp3) is 0.706. The minimum Gasteiger partial charge on any atom is -0.366 e. The highest BCUT2D eigenvalue weighted by atomic mass is 16.2. The van der Waals surface area contributed by atoms with Crippen molar-refractivity contribution in [2.45, 2.75) is 76.3 Å². The summed E-state index contributed by atoms with van der Waals surface area (Å²) in [6.45, 7) is 0. The first-order chi connectivity index (χ1) is 10.8. The summed E-state index contributed by atoms with van der Waals surface area (Å²) in [6.07, 6.45) is 12.1. The molecule has 2 aliphatic carbocycles. The summed E-state index contributed by atoms with van der Waals surface area (Å²) in [5.74, 6) is 0.685. The van der Waals surface area contributed by atoms with E-state index in [-0.39, 0.29) is 5.91 Å². The van der Waals surface area contributed by atoms with Gasteiger partial charge in [-0.05, 0) is 37.8 Å². The molecule has 2 aliphatic rings. The van der Waals surface area contributed by atoms with Crippen LogP contribution in [0, 0.1) is 0 Å². The number of carbonyl (C=O) groups excluding carboxylic acids is 1. The lowest BCUT2D eigenvalue weighted by Crippen LogP contribution is -2.35. The second-order valence-electron chi connectivity index (χ2n) is 6.59. The number of nitrogens with zero attached hydrogens (tertiary/aromatic N) is 2. The molecule has 5 nitrogen and oxygen atoms in total. The summed E-state index contributed by atoms with van der Waals surface area (Å²) in [7, 11) is 0. The minimum absolute atomic E-state index is 0.0909. The summed E-state index contributed by atoms with van der Waals surface area (Å²) in [5, 5.41) is 14.7. The van der Waals surface area contributed by atoms with Gasteiger partial charge in [0.1, 0.15) is 5.82 Å². The van der Waals surface area contributed by atoms with E-state index in [0.717, 1.165) is 18.7 Å². The number of rotatable bonds is 4. The molecule has 1 heterocycles. The van der Waals surface area contributed by atoms with Crippen molar-refractivity contribution in [3.63, 3.8) is 0 Å². The van der Waals surface area contributed by atoms with E-state index in [1.807, 2.05) is 6.07 Å². The van der Waals surface area contributed by atoms with E-state index in [1.165, 1.54) is 51.4 Å². The van der Waals surface area contributed by atoms with Crippen LogP contribution in [0.1, 0.15) is 74.7 Å². The molecule has 0 saturated heterocycles. The highest BCUT2D eigenvalue weighted by Crippen LogP contribution is 2.21. The van der Waals surface area contributed by atoms with Crippen LogP contribution in [0.2, 0.25) is 0 Å². The van der Waals surface area contributed by atoms with Gasteiger partial charge in [0.2, 0.25) is 0 Å². The first-order valence-corrected chi connectivity index (χ1v) is 8.72. The lowest BCUT2D eigenvalue weighted by molar-refractivity contribution is 0.0927. The molecular formula is C17H26N4O. The third kappa shape index (κ3) is 4.18. The Bertz CT molecular complexity index is 474. The second kappa shape index (κ2) is 7.56. The first kappa shape index (κ1) is 15.3. The van der Waals surface area contributed by atoms with Crippen LogP contribution >= 0.6 is 0 Å². The van der Waals surface area contributed by atoms with Gasteiger partial charge in [0, 0.05) is 12.1 Å². The average Bonchev–Trinajstić information content (AvgIpc) is 2.91. The Balaban J connectivity index is 1.53. The van der Waals surface area contributed by atoms with Crippen LogP contribution in [0.25, 0.3) is 0 Å². The molecule has 3 rings (SSSR count). The smallest absolute Gasteiger partial charge is 0.272 e. The maximum absolute atomic E-state index is 12.2. The maximum atomic E-state index is 12.2. The van der Waals surface area contributed by atoms with Crippen molar-refractivity contribution < 1.29 is 4.79 Å². The molecule has 2 fully saturated rings. The highest BCUT2D eigenvalue weighted by molar-refractivity contribution is 5.92. The zero-order chi connectivity index (χ0) is 15.2. The lowest BCUT2D eigenvalue weighted by Gasteiger charge is -2.16. The SMILES string of the molecule is O=C(NC1CCCCCC1)c1ccc(NC2CCCC2)nn1. The molecule has 120 valence electrons. The molecule has 22 heavy (non-hydrogen) atoms. The molecule has 0 unspecified atom stereocenters. The molecule has 1 amide bonds. The Morgan fingerprint density at radius 3 is 2.14 bits per heavy atom. The quantitative estimate of drug-likeness (QED) is 0.838. The molecule has 2 saturated carbocycles. The third-order valence-corrected chi connectivity index (χ3v) is 4.79. The molecule has 0 spiro atoms. The van der Waals surface area contributed by atoms with E-state index in [4.69, 9.17) is 0 Å². The molecule has 2 N–H and O–H groups in total. The van der Waals surface area contributed by atoms with Gasteiger partial charge in [-0.15, -0.1) is 10.2 Å². The number of hydrogen-bond acceptors (Lipinski definition) is 4. The third-order valence-electron chi connectivity index (χ3n) is 4.79. The van der Waals surface area contributed by atoms with E-state index < -0.39 is 0 Å². The van der Waals surface area contributed by atoms with E-state index in [0.29, 0.717) is 17.8 Å². The Kier molecular flexibility index (Phi) is 5.24. The predicted molar refractivity (Wildman–Crippen MR) is 86.9 cm³/mol. The fourth-order valence-electron chi connectivity index (χ4n) is 3.49. The molecule has 0 aliphatic heterocycles. The zero-order valence-electron chi connectivity index (χ0n) is 13.2. The van der Waals surface area contributed by atoms with Crippen molar-refractivity contribution in [2.24, 2.45) is 0 Å². The number of hydrogen-bond donors (Lipinski definition) is 2. The van der Waals surface area contributed by atoms with Crippen LogP contribution in [-0.2, 0) is 0 Å². The number of amides is 1. The number of aromatic nitrogens is 2. The molecule has 0 atom stereocenters. The van der Waals surface area contributed by atoms with Gasteiger partial charge in [0.05, 0.1) is 0 Å². The summed E-state index contributed by atoms with van der Waals surface area (Å²) in [6, 6.07) is 4.46. The van der Waals surface area contributed by atoms with Gasteiger partial charge in [-0.25, -0.2) is 0 Å². The van der Waals surface area contributed by atoms with Gasteiger partial charge < -0.3 is 10.6 Å². The topological polar surface area (TPSA) is 66.9 Å². The Hall–Kier alpha value is -1.65. The van der Waals surface area contributed by atoms with Gasteiger partial charge in [0.15, 0.2) is 5.69 Å². The Morgan fingerprint density at radius 2 is 1.50 bits per heavy atom. The monoisotopic (exact) mass is 302 g/mol. The highest BCUT2D eigenvalue weighted by Gasteiger charge is 2.18. The Labute approximate surface area is 132 Å². The summed E-state index contributed by atoms with van der Waals surface area (Å²) < 4.78 is 0. The summed E-state index contributed by atoms with van der Waals surface area (Å²) >= 11 is 0. The van der Waals surface area contributed by atoms with Crippen LogP contribution in [0.3, 0.4) is 0 Å². The summed E-state index contributed by atoms with van der Waals surface area (Å²) in [4.78, 5) is 12.2. The predicted octanol–water partition coefficient (Wildman–Crippen LogP) is 3.28. The largest absolute Gasteiger partial charge is 0.366 e. The first-order valence-electron chi connectivity index (χ1n) is 8.72. The molecule has 5 heteroatoms. The van der Waals surface area contributed by atoms with Crippen LogP contribution in [0.15, 0.2) is 12.1 Å². The fourth-order valence-corrected chi connectivity index (χ4v) is 3.49. The van der Waals surface area contributed by atoms with Gasteiger partial charge in [-0.3, -0.25) is 4.79 Å². The van der Waals surface area contributed by atoms with Gasteiger partial charge >= 0.3 is 0 Å². The minimum atomic E-state index is -0.0909. The van der Waals surface area contributed by atoms with Crippen molar-refractivity contribution in [3.8, 4) is 0 Å². The van der Waals surface area contributed by atoms with E-state index in [1.54, 1.807) is 6.07 Å². The normalized spacial score (nSPS) is 20.5. The second-order valence-corrected chi connectivity index (χ2v) is 6.59. The molecule has 0 aromatic carbocycles. The van der Waals surface area contributed by atoms with Crippen LogP contribution < -0.4 is 10.6 Å². The lowest BCUT2D eigenvalue weighted by atomic mass is 10.1. The maximum Gasteiger partial charge on any atom is 0.272 e. The molecule has 1 aromatic heterocycles. The van der Waals surface area contributed by atoms with Gasteiger partial charge in [0.25, 0.3) is 5.91 Å². The van der Waals surface area contributed by atoms with Gasteiger partial charge in [-0.1, -0.05) is 38.5 Å². The molecular weight excluding hydrogens is 276 g/mol. The Morgan fingerprint density at radius 1 is 0.864 bits per heavy atom. The van der Waals surface area contributed by atoms with Crippen molar-refractivity contribution in [3.05, 3.63) is 17.8 Å². The average molecular weight is 302 g/mol. The van der Waals surface area contributed by atoms with Crippen molar-refractivity contribution in [2.75, 3.05) is 5.32 Å². The van der Waals surface area contributed by atoms with Crippen molar-refractivity contribution in [1.82, 2.24) is 15.5 Å². The van der Waals surface area contributed by atoms with E-state index in [9.17, 15) is 4.79 Å². The zero-order valence-corrected chi connectivity index (χ0v) is 13.2. The van der Waals surface area contributed by atoms with Gasteiger partial charge in [-0.2, -0.15) is 0 Å². The van der Waals surface area contributed by atoms with Crippen LogP contribution in [0.4, 0.5) is 5.82 Å².